The Hall–Kier alpha value is -3.58. The summed E-state index contributed by atoms with van der Waals surface area (Å²) >= 11 is 3.36. The molecule has 0 fully saturated rings. The third kappa shape index (κ3) is 4.11. The zero-order chi connectivity index (χ0) is 22.8. The number of carbonyl (C=O) groups excluding carboxylic acids is 2. The van der Waals surface area contributed by atoms with Gasteiger partial charge in [-0.15, -0.1) is 0 Å². The number of aryl methyl sites for hydroxylation is 1. The molecule has 0 saturated carbocycles. The molecule has 0 bridgehead atoms. The number of fused-ring (bicyclic) bond motifs is 1. The fourth-order valence-electron chi connectivity index (χ4n) is 3.44. The Kier molecular flexibility index (Phi) is 6.01. The highest BCUT2D eigenvalue weighted by Crippen LogP contribution is 2.32. The number of amides is 1. The molecule has 1 aromatic heterocycles. The van der Waals surface area contributed by atoms with Crippen LogP contribution in [0.1, 0.15) is 32.0 Å². The molecule has 0 saturated heterocycles. The molecular weight excluding hydrogens is 474 g/mol. The standard InChI is InChI=1S/C25H20BrNO5/c1-14-19-10-8-17(27-25(29)15-4-6-16(26)7-5-15)12-22(19)32-24(14)23(28)20-13-18(30-2)9-11-21(20)31-3/h4-13H,1-3H3,(H,27,29). The van der Waals surface area contributed by atoms with Gasteiger partial charge in [-0.1, -0.05) is 15.9 Å². The van der Waals surface area contributed by atoms with E-state index in [0.717, 1.165) is 9.86 Å². The van der Waals surface area contributed by atoms with Crippen molar-refractivity contribution in [2.24, 2.45) is 0 Å². The van der Waals surface area contributed by atoms with Crippen LogP contribution < -0.4 is 14.8 Å². The molecule has 0 aliphatic carbocycles. The number of hydrogen-bond donors (Lipinski definition) is 1. The van der Waals surface area contributed by atoms with Gasteiger partial charge in [-0.25, -0.2) is 0 Å². The summed E-state index contributed by atoms with van der Waals surface area (Å²) in [5.41, 5.74) is 2.65. The topological polar surface area (TPSA) is 77.8 Å². The predicted octanol–water partition coefficient (Wildman–Crippen LogP) is 6.00. The lowest BCUT2D eigenvalue weighted by Gasteiger charge is -2.08. The van der Waals surface area contributed by atoms with Gasteiger partial charge in [0, 0.05) is 32.7 Å². The third-order valence-corrected chi connectivity index (χ3v) is 5.69. The Balaban J connectivity index is 1.66. The normalized spacial score (nSPS) is 10.8. The number of methoxy groups -OCH3 is 2. The summed E-state index contributed by atoms with van der Waals surface area (Å²) in [6.45, 7) is 1.83. The van der Waals surface area contributed by atoms with E-state index < -0.39 is 0 Å². The van der Waals surface area contributed by atoms with Gasteiger partial charge in [0.2, 0.25) is 5.78 Å². The summed E-state index contributed by atoms with van der Waals surface area (Å²) in [4.78, 5) is 25.8. The van der Waals surface area contributed by atoms with Crippen LogP contribution in [0.4, 0.5) is 5.69 Å². The average molecular weight is 494 g/mol. The molecule has 4 aromatic rings. The Morgan fingerprint density at radius 1 is 0.938 bits per heavy atom. The van der Waals surface area contributed by atoms with Crippen molar-refractivity contribution in [2.75, 3.05) is 19.5 Å². The Morgan fingerprint density at radius 3 is 2.38 bits per heavy atom. The van der Waals surface area contributed by atoms with E-state index in [1.165, 1.54) is 14.2 Å². The number of ketones is 1. The number of ether oxygens (including phenoxy) is 2. The van der Waals surface area contributed by atoms with Gasteiger partial charge in [-0.05, 0) is 61.5 Å². The first-order valence-electron chi connectivity index (χ1n) is 9.78. The molecule has 0 spiro atoms. The number of benzene rings is 3. The van der Waals surface area contributed by atoms with Crippen LogP contribution in [0.15, 0.2) is 69.6 Å². The van der Waals surface area contributed by atoms with E-state index in [1.807, 2.05) is 13.0 Å². The second-order valence-corrected chi connectivity index (χ2v) is 8.04. The van der Waals surface area contributed by atoms with Gasteiger partial charge in [-0.3, -0.25) is 9.59 Å². The fourth-order valence-corrected chi connectivity index (χ4v) is 3.70. The number of nitrogens with one attached hydrogen (secondary N) is 1. The number of hydrogen-bond acceptors (Lipinski definition) is 5. The zero-order valence-electron chi connectivity index (χ0n) is 17.7. The lowest BCUT2D eigenvalue weighted by molar-refractivity contribution is 0.100. The van der Waals surface area contributed by atoms with Crippen LogP contribution in [0.5, 0.6) is 11.5 Å². The molecule has 32 heavy (non-hydrogen) atoms. The van der Waals surface area contributed by atoms with E-state index in [4.69, 9.17) is 13.9 Å². The first-order chi connectivity index (χ1) is 15.4. The highest BCUT2D eigenvalue weighted by atomic mass is 79.9. The lowest BCUT2D eigenvalue weighted by atomic mass is 10.0. The summed E-state index contributed by atoms with van der Waals surface area (Å²) in [6.07, 6.45) is 0. The minimum Gasteiger partial charge on any atom is -0.497 e. The van der Waals surface area contributed by atoms with Gasteiger partial charge in [0.05, 0.1) is 19.8 Å². The Morgan fingerprint density at radius 2 is 1.69 bits per heavy atom. The van der Waals surface area contributed by atoms with Crippen molar-refractivity contribution < 1.29 is 23.5 Å². The van der Waals surface area contributed by atoms with Crippen LogP contribution in [0.25, 0.3) is 11.0 Å². The molecule has 1 amide bonds. The van der Waals surface area contributed by atoms with Crippen molar-refractivity contribution in [3.63, 3.8) is 0 Å². The number of anilines is 1. The molecule has 1 N–H and O–H groups in total. The second-order valence-electron chi connectivity index (χ2n) is 7.12. The number of halogens is 1. The predicted molar refractivity (Wildman–Crippen MR) is 126 cm³/mol. The van der Waals surface area contributed by atoms with Crippen molar-refractivity contribution >= 4 is 44.3 Å². The first-order valence-corrected chi connectivity index (χ1v) is 10.6. The SMILES string of the molecule is COc1ccc(OC)c(C(=O)c2oc3cc(NC(=O)c4ccc(Br)cc4)ccc3c2C)c1. The van der Waals surface area contributed by atoms with E-state index in [0.29, 0.717) is 39.5 Å². The highest BCUT2D eigenvalue weighted by Gasteiger charge is 2.23. The molecule has 0 unspecified atom stereocenters. The monoisotopic (exact) mass is 493 g/mol. The number of furan rings is 1. The summed E-state index contributed by atoms with van der Waals surface area (Å²) in [5.74, 6) is 0.634. The maximum absolute atomic E-state index is 13.3. The van der Waals surface area contributed by atoms with Gasteiger partial charge in [0.25, 0.3) is 5.91 Å². The molecule has 0 aliphatic heterocycles. The summed E-state index contributed by atoms with van der Waals surface area (Å²) < 4.78 is 17.4. The number of carbonyl (C=O) groups is 2. The number of rotatable bonds is 6. The maximum Gasteiger partial charge on any atom is 0.255 e. The minimum absolute atomic E-state index is 0.211. The van der Waals surface area contributed by atoms with E-state index in [9.17, 15) is 9.59 Å². The molecule has 0 radical (unpaired) electrons. The fraction of sp³-hybridized carbons (Fsp3) is 0.120. The minimum atomic E-state index is -0.310. The summed E-state index contributed by atoms with van der Waals surface area (Å²) in [6, 6.07) is 17.4. The van der Waals surface area contributed by atoms with Crippen LogP contribution in [0.2, 0.25) is 0 Å². The lowest BCUT2D eigenvalue weighted by Crippen LogP contribution is -2.11. The van der Waals surface area contributed by atoms with E-state index in [2.05, 4.69) is 21.2 Å². The Labute approximate surface area is 193 Å². The van der Waals surface area contributed by atoms with Crippen LogP contribution >= 0.6 is 15.9 Å². The van der Waals surface area contributed by atoms with Crippen LogP contribution in [-0.2, 0) is 0 Å². The Bertz CT molecular complexity index is 1320. The van der Waals surface area contributed by atoms with Gasteiger partial charge in [0.1, 0.15) is 17.1 Å². The largest absolute Gasteiger partial charge is 0.497 e. The summed E-state index contributed by atoms with van der Waals surface area (Å²) in [5, 5.41) is 3.65. The molecule has 3 aromatic carbocycles. The van der Waals surface area contributed by atoms with E-state index >= 15 is 0 Å². The van der Waals surface area contributed by atoms with Gasteiger partial charge in [0.15, 0.2) is 5.76 Å². The summed E-state index contributed by atoms with van der Waals surface area (Å²) in [7, 11) is 3.04. The van der Waals surface area contributed by atoms with Crippen molar-refractivity contribution in [1.82, 2.24) is 0 Å². The molecular formula is C25H20BrNO5. The van der Waals surface area contributed by atoms with Gasteiger partial charge >= 0.3 is 0 Å². The average Bonchev–Trinajstić information content (AvgIpc) is 3.14. The first kappa shape index (κ1) is 21.6. The molecule has 1 heterocycles. The van der Waals surface area contributed by atoms with Crippen molar-refractivity contribution in [2.45, 2.75) is 6.92 Å². The van der Waals surface area contributed by atoms with Crippen LogP contribution in [0.3, 0.4) is 0 Å². The zero-order valence-corrected chi connectivity index (χ0v) is 19.3. The van der Waals surface area contributed by atoms with E-state index in [-0.39, 0.29) is 17.5 Å². The van der Waals surface area contributed by atoms with E-state index in [1.54, 1.807) is 54.6 Å². The molecule has 0 aliphatic rings. The van der Waals surface area contributed by atoms with Crippen molar-refractivity contribution in [3.8, 4) is 11.5 Å². The molecule has 4 rings (SSSR count). The van der Waals surface area contributed by atoms with Crippen molar-refractivity contribution in [3.05, 3.63) is 87.6 Å². The quantitative estimate of drug-likeness (QED) is 0.333. The second kappa shape index (κ2) is 8.88. The highest BCUT2D eigenvalue weighted by molar-refractivity contribution is 9.10. The molecule has 6 nitrogen and oxygen atoms in total. The van der Waals surface area contributed by atoms with Gasteiger partial charge in [-0.2, -0.15) is 0 Å². The molecule has 162 valence electrons. The van der Waals surface area contributed by atoms with Crippen molar-refractivity contribution in [1.29, 1.82) is 0 Å². The van der Waals surface area contributed by atoms with Crippen LogP contribution in [-0.4, -0.2) is 25.9 Å². The van der Waals surface area contributed by atoms with Crippen LogP contribution in [0, 0.1) is 6.92 Å². The van der Waals surface area contributed by atoms with Gasteiger partial charge < -0.3 is 19.2 Å². The smallest absolute Gasteiger partial charge is 0.255 e. The molecule has 0 atom stereocenters. The maximum atomic E-state index is 13.3. The molecule has 7 heteroatoms. The third-order valence-electron chi connectivity index (χ3n) is 5.16.